The van der Waals surface area contributed by atoms with Crippen LogP contribution in [0.5, 0.6) is 5.75 Å². The van der Waals surface area contributed by atoms with Gasteiger partial charge < -0.3 is 4.74 Å². The summed E-state index contributed by atoms with van der Waals surface area (Å²) in [5, 5.41) is 2.22. The number of carbonyl (C=O) groups excluding carboxylic acids is 1. The predicted molar refractivity (Wildman–Crippen MR) is 95.1 cm³/mol. The van der Waals surface area contributed by atoms with Crippen molar-refractivity contribution < 1.29 is 9.53 Å². The maximum absolute atomic E-state index is 12.6. The van der Waals surface area contributed by atoms with E-state index in [9.17, 15) is 4.79 Å². The van der Waals surface area contributed by atoms with Gasteiger partial charge in [0.2, 0.25) is 5.78 Å². The van der Waals surface area contributed by atoms with Crippen LogP contribution >= 0.6 is 11.8 Å². The second-order valence-corrected chi connectivity index (χ2v) is 6.42. The maximum Gasteiger partial charge on any atom is 0.200 e. The van der Waals surface area contributed by atoms with Crippen LogP contribution in [-0.2, 0) is 0 Å². The fourth-order valence-corrected chi connectivity index (χ4v) is 3.90. The lowest BCUT2D eigenvalue weighted by Crippen LogP contribution is -1.95. The third kappa shape index (κ3) is 2.34. The normalized spacial score (nSPS) is 15.2. The number of allylic oxidation sites excluding steroid dienone is 1. The molecule has 23 heavy (non-hydrogen) atoms. The van der Waals surface area contributed by atoms with E-state index in [1.54, 1.807) is 7.11 Å². The van der Waals surface area contributed by atoms with Gasteiger partial charge in [0.25, 0.3) is 0 Å². The predicted octanol–water partition coefficient (Wildman–Crippen LogP) is 5.18. The van der Waals surface area contributed by atoms with Gasteiger partial charge in [-0.3, -0.25) is 4.79 Å². The van der Waals surface area contributed by atoms with Gasteiger partial charge in [0.1, 0.15) is 5.75 Å². The number of Topliss-reactive ketones (excluding diaryl/α,β-unsaturated/α-hetero) is 1. The minimum atomic E-state index is 0.0839. The van der Waals surface area contributed by atoms with E-state index >= 15 is 0 Å². The Morgan fingerprint density at radius 2 is 1.74 bits per heavy atom. The van der Waals surface area contributed by atoms with Crippen LogP contribution in [0, 0.1) is 0 Å². The summed E-state index contributed by atoms with van der Waals surface area (Å²) < 4.78 is 5.51. The Morgan fingerprint density at radius 1 is 0.957 bits per heavy atom. The summed E-state index contributed by atoms with van der Waals surface area (Å²) in [5.41, 5.74) is 1.73. The van der Waals surface area contributed by atoms with Crippen LogP contribution in [0.4, 0.5) is 0 Å². The Bertz CT molecular complexity index is 957. The zero-order chi connectivity index (χ0) is 15.8. The molecular weight excluding hydrogens is 304 g/mol. The summed E-state index contributed by atoms with van der Waals surface area (Å²) >= 11 is 1.52. The first-order valence-electron chi connectivity index (χ1n) is 7.37. The van der Waals surface area contributed by atoms with Crippen LogP contribution < -0.4 is 4.74 Å². The number of fused-ring (bicyclic) bond motifs is 2. The summed E-state index contributed by atoms with van der Waals surface area (Å²) in [4.78, 5) is 14.4. The lowest BCUT2D eigenvalue weighted by atomic mass is 10.0. The standard InChI is InChI=1S/C20H14O2S/c1-22-17-11-10-13-6-2-3-7-14(13)16(17)12-19-20(21)15-8-4-5-9-18(15)23-19/h2-12H,1H3. The number of rotatable bonds is 2. The Kier molecular flexibility index (Phi) is 3.43. The van der Waals surface area contributed by atoms with Crippen LogP contribution in [0.25, 0.3) is 16.8 Å². The highest BCUT2D eigenvalue weighted by atomic mass is 32.2. The quantitative estimate of drug-likeness (QED) is 0.609. The molecule has 0 aromatic heterocycles. The Labute approximate surface area is 138 Å². The van der Waals surface area contributed by atoms with E-state index in [1.165, 1.54) is 11.8 Å². The Hall–Kier alpha value is -2.52. The number of thioether (sulfide) groups is 1. The zero-order valence-corrected chi connectivity index (χ0v) is 13.4. The Balaban J connectivity index is 1.89. The molecule has 0 saturated carbocycles. The van der Waals surface area contributed by atoms with Gasteiger partial charge in [0.05, 0.1) is 12.0 Å². The lowest BCUT2D eigenvalue weighted by Gasteiger charge is -2.09. The van der Waals surface area contributed by atoms with Crippen LogP contribution in [0.2, 0.25) is 0 Å². The van der Waals surface area contributed by atoms with Crippen LogP contribution in [0.15, 0.2) is 70.5 Å². The third-order valence-electron chi connectivity index (χ3n) is 4.00. The minimum Gasteiger partial charge on any atom is -0.496 e. The molecule has 0 atom stereocenters. The van der Waals surface area contributed by atoms with E-state index < -0.39 is 0 Å². The molecule has 3 aromatic carbocycles. The molecule has 0 saturated heterocycles. The topological polar surface area (TPSA) is 26.3 Å². The van der Waals surface area contributed by atoms with Crippen molar-refractivity contribution in [3.05, 3.63) is 76.7 Å². The molecule has 1 heterocycles. The fourth-order valence-electron chi connectivity index (χ4n) is 2.87. The van der Waals surface area contributed by atoms with Crippen molar-refractivity contribution in [3.8, 4) is 5.75 Å². The number of hydrogen-bond donors (Lipinski definition) is 0. The SMILES string of the molecule is COc1ccc2ccccc2c1C=C1Sc2ccccc2C1=O. The van der Waals surface area contributed by atoms with Gasteiger partial charge in [-0.1, -0.05) is 54.2 Å². The van der Waals surface area contributed by atoms with Crippen molar-refractivity contribution in [2.24, 2.45) is 0 Å². The Morgan fingerprint density at radius 3 is 2.57 bits per heavy atom. The van der Waals surface area contributed by atoms with Gasteiger partial charge in [-0.25, -0.2) is 0 Å². The number of carbonyl (C=O) groups is 1. The molecule has 2 nitrogen and oxygen atoms in total. The summed E-state index contributed by atoms with van der Waals surface area (Å²) in [6.07, 6.45) is 1.95. The van der Waals surface area contributed by atoms with Gasteiger partial charge in [-0.2, -0.15) is 0 Å². The highest BCUT2D eigenvalue weighted by Crippen LogP contribution is 2.42. The van der Waals surface area contributed by atoms with E-state index in [1.807, 2.05) is 54.6 Å². The number of ketones is 1. The number of hydrogen-bond acceptors (Lipinski definition) is 3. The molecule has 0 radical (unpaired) electrons. The van der Waals surface area contributed by atoms with Crippen molar-refractivity contribution >= 4 is 34.4 Å². The highest BCUT2D eigenvalue weighted by molar-refractivity contribution is 8.04. The molecule has 3 aromatic rings. The maximum atomic E-state index is 12.6. The molecule has 0 bridgehead atoms. The van der Waals surface area contributed by atoms with E-state index in [4.69, 9.17) is 4.74 Å². The summed E-state index contributed by atoms with van der Waals surface area (Å²) in [5.74, 6) is 0.862. The van der Waals surface area contributed by atoms with Crippen molar-refractivity contribution in [3.63, 3.8) is 0 Å². The third-order valence-corrected chi connectivity index (χ3v) is 5.10. The van der Waals surface area contributed by atoms with E-state index in [0.717, 1.165) is 37.4 Å². The van der Waals surface area contributed by atoms with E-state index in [0.29, 0.717) is 0 Å². The highest BCUT2D eigenvalue weighted by Gasteiger charge is 2.25. The lowest BCUT2D eigenvalue weighted by molar-refractivity contribution is 0.104. The van der Waals surface area contributed by atoms with Gasteiger partial charge in [0.15, 0.2) is 0 Å². The summed E-state index contributed by atoms with van der Waals surface area (Å²) in [6, 6.07) is 19.8. The monoisotopic (exact) mass is 318 g/mol. The number of ether oxygens (including phenoxy) is 1. The van der Waals surface area contributed by atoms with Crippen molar-refractivity contribution in [2.45, 2.75) is 4.90 Å². The molecule has 0 unspecified atom stereocenters. The summed E-state index contributed by atoms with van der Waals surface area (Å²) in [7, 11) is 1.66. The van der Waals surface area contributed by atoms with Gasteiger partial charge in [-0.15, -0.1) is 0 Å². The average Bonchev–Trinajstić information content (AvgIpc) is 2.91. The van der Waals surface area contributed by atoms with Gasteiger partial charge in [-0.05, 0) is 35.0 Å². The van der Waals surface area contributed by atoms with E-state index in [-0.39, 0.29) is 5.78 Å². The molecular formula is C20H14O2S. The van der Waals surface area contributed by atoms with Crippen molar-refractivity contribution in [2.75, 3.05) is 7.11 Å². The largest absolute Gasteiger partial charge is 0.496 e. The molecule has 112 valence electrons. The van der Waals surface area contributed by atoms with Crippen LogP contribution in [0.1, 0.15) is 15.9 Å². The molecule has 3 heteroatoms. The minimum absolute atomic E-state index is 0.0839. The van der Waals surface area contributed by atoms with Crippen LogP contribution in [0.3, 0.4) is 0 Å². The molecule has 0 spiro atoms. The number of methoxy groups -OCH3 is 1. The molecule has 1 aliphatic heterocycles. The van der Waals surface area contributed by atoms with Crippen molar-refractivity contribution in [1.82, 2.24) is 0 Å². The molecule has 1 aliphatic rings. The molecule has 0 N–H and O–H groups in total. The fraction of sp³-hybridized carbons (Fsp3) is 0.0500. The van der Waals surface area contributed by atoms with E-state index in [2.05, 4.69) is 12.1 Å². The first kappa shape index (κ1) is 14.1. The zero-order valence-electron chi connectivity index (χ0n) is 12.6. The molecule has 0 fully saturated rings. The average molecular weight is 318 g/mol. The van der Waals surface area contributed by atoms with Gasteiger partial charge in [0, 0.05) is 16.0 Å². The van der Waals surface area contributed by atoms with Gasteiger partial charge >= 0.3 is 0 Å². The van der Waals surface area contributed by atoms with Crippen molar-refractivity contribution in [1.29, 1.82) is 0 Å². The molecule has 4 rings (SSSR count). The smallest absolute Gasteiger partial charge is 0.200 e. The second-order valence-electron chi connectivity index (χ2n) is 5.34. The molecule has 0 amide bonds. The number of benzene rings is 3. The molecule has 0 aliphatic carbocycles. The van der Waals surface area contributed by atoms with Crippen LogP contribution in [-0.4, -0.2) is 12.9 Å². The first-order valence-corrected chi connectivity index (χ1v) is 8.18. The second kappa shape index (κ2) is 5.60. The summed E-state index contributed by atoms with van der Waals surface area (Å²) in [6.45, 7) is 0. The first-order chi connectivity index (χ1) is 11.3.